The zero-order chi connectivity index (χ0) is 14.5. The molecule has 0 aliphatic carbocycles. The summed E-state index contributed by atoms with van der Waals surface area (Å²) in [7, 11) is 0. The molecule has 1 nitrogen and oxygen atoms in total. The van der Waals surface area contributed by atoms with E-state index in [2.05, 4.69) is 61.6 Å². The maximum Gasteiger partial charge on any atom is 0.0577 e. The first-order valence-corrected chi connectivity index (χ1v) is 7.61. The van der Waals surface area contributed by atoms with Gasteiger partial charge >= 0.3 is 0 Å². The third-order valence-corrected chi connectivity index (χ3v) is 4.04. The van der Waals surface area contributed by atoms with Gasteiger partial charge in [-0.05, 0) is 48.2 Å². The first-order valence-electron chi connectivity index (χ1n) is 7.24. The molecule has 0 spiro atoms. The Kier molecular flexibility index (Phi) is 5.22. The highest BCUT2D eigenvalue weighted by Gasteiger charge is 2.14. The molecular weight excluding hydrogens is 266 g/mol. The molecule has 0 fully saturated rings. The van der Waals surface area contributed by atoms with Gasteiger partial charge in [-0.3, -0.25) is 0 Å². The number of nitrogens with one attached hydrogen (secondary N) is 1. The number of halogens is 1. The molecule has 0 saturated carbocycles. The molecule has 0 aromatic heterocycles. The zero-order valence-corrected chi connectivity index (χ0v) is 13.2. The van der Waals surface area contributed by atoms with Gasteiger partial charge in [0.1, 0.15) is 0 Å². The van der Waals surface area contributed by atoms with Gasteiger partial charge in [-0.2, -0.15) is 0 Å². The summed E-state index contributed by atoms with van der Waals surface area (Å²) in [4.78, 5) is 0. The van der Waals surface area contributed by atoms with E-state index in [-0.39, 0.29) is 6.04 Å². The minimum absolute atomic E-state index is 0.199. The first-order chi connectivity index (χ1) is 9.65. The van der Waals surface area contributed by atoms with Gasteiger partial charge in [-0.15, -0.1) is 0 Å². The van der Waals surface area contributed by atoms with Crippen molar-refractivity contribution in [3.63, 3.8) is 0 Å². The maximum atomic E-state index is 6.28. The first kappa shape index (κ1) is 15.1. The van der Waals surface area contributed by atoms with E-state index in [1.165, 1.54) is 16.7 Å². The van der Waals surface area contributed by atoms with Crippen LogP contribution in [0.5, 0.6) is 0 Å². The second-order valence-electron chi connectivity index (χ2n) is 5.10. The maximum absolute atomic E-state index is 6.28. The second kappa shape index (κ2) is 6.92. The summed E-state index contributed by atoms with van der Waals surface area (Å²) >= 11 is 6.28. The lowest BCUT2D eigenvalue weighted by Crippen LogP contribution is -2.22. The molecule has 106 valence electrons. The van der Waals surface area contributed by atoms with E-state index in [0.29, 0.717) is 0 Å². The lowest BCUT2D eigenvalue weighted by atomic mass is 9.96. The number of benzene rings is 2. The molecule has 0 bridgehead atoms. The average molecular weight is 288 g/mol. The molecule has 0 saturated heterocycles. The van der Waals surface area contributed by atoms with Crippen LogP contribution in [-0.2, 0) is 6.42 Å². The molecule has 0 heterocycles. The Morgan fingerprint density at radius 1 is 1.05 bits per heavy atom. The number of rotatable bonds is 5. The van der Waals surface area contributed by atoms with Crippen LogP contribution in [0.2, 0.25) is 5.02 Å². The molecule has 0 aliphatic heterocycles. The average Bonchev–Trinajstić information content (AvgIpc) is 2.48. The largest absolute Gasteiger partial charge is 0.307 e. The van der Waals surface area contributed by atoms with Crippen LogP contribution in [0.1, 0.15) is 42.1 Å². The summed E-state index contributed by atoms with van der Waals surface area (Å²) in [6.07, 6.45) is 1.06. The van der Waals surface area contributed by atoms with Crippen LogP contribution in [0.25, 0.3) is 0 Å². The van der Waals surface area contributed by atoms with E-state index in [4.69, 9.17) is 11.6 Å². The quantitative estimate of drug-likeness (QED) is 0.824. The Morgan fingerprint density at radius 2 is 1.80 bits per heavy atom. The third-order valence-electron chi connectivity index (χ3n) is 3.63. The Bertz CT molecular complexity index is 577. The minimum atomic E-state index is 0.199. The van der Waals surface area contributed by atoms with Crippen LogP contribution in [0.4, 0.5) is 0 Å². The summed E-state index contributed by atoms with van der Waals surface area (Å²) in [5.74, 6) is 0. The molecule has 0 aliphatic rings. The minimum Gasteiger partial charge on any atom is -0.307 e. The van der Waals surface area contributed by atoms with Crippen molar-refractivity contribution in [2.75, 3.05) is 6.54 Å². The molecule has 2 heteroatoms. The summed E-state index contributed by atoms with van der Waals surface area (Å²) in [6.45, 7) is 7.27. The Balaban J connectivity index is 2.41. The van der Waals surface area contributed by atoms with Gasteiger partial charge in [0.25, 0.3) is 0 Å². The predicted octanol–water partition coefficient (Wildman–Crippen LogP) is 4.91. The fourth-order valence-electron chi connectivity index (χ4n) is 2.41. The SMILES string of the molecule is CCNC(c1cccc(CC)c1)c1ccc(C)c(Cl)c1. The molecule has 0 radical (unpaired) electrons. The van der Waals surface area contributed by atoms with Crippen molar-refractivity contribution in [3.05, 3.63) is 69.7 Å². The monoisotopic (exact) mass is 287 g/mol. The van der Waals surface area contributed by atoms with Gasteiger partial charge in [-0.25, -0.2) is 0 Å². The van der Waals surface area contributed by atoms with E-state index < -0.39 is 0 Å². The van der Waals surface area contributed by atoms with Crippen LogP contribution in [0, 0.1) is 6.92 Å². The summed E-state index contributed by atoms with van der Waals surface area (Å²) < 4.78 is 0. The lowest BCUT2D eigenvalue weighted by molar-refractivity contribution is 0.630. The van der Waals surface area contributed by atoms with Crippen LogP contribution in [0.3, 0.4) is 0 Å². The van der Waals surface area contributed by atoms with Crippen LogP contribution in [-0.4, -0.2) is 6.54 Å². The number of hydrogen-bond donors (Lipinski definition) is 1. The van der Waals surface area contributed by atoms with Crippen molar-refractivity contribution in [3.8, 4) is 0 Å². The van der Waals surface area contributed by atoms with Gasteiger partial charge in [0.2, 0.25) is 0 Å². The van der Waals surface area contributed by atoms with Gasteiger partial charge in [-0.1, -0.05) is 61.8 Å². The van der Waals surface area contributed by atoms with Crippen molar-refractivity contribution < 1.29 is 0 Å². The fraction of sp³-hybridized carbons (Fsp3) is 0.333. The van der Waals surface area contributed by atoms with E-state index >= 15 is 0 Å². The molecule has 1 atom stereocenters. The molecule has 1 unspecified atom stereocenters. The van der Waals surface area contributed by atoms with Crippen molar-refractivity contribution in [1.82, 2.24) is 5.32 Å². The standard InChI is InChI=1S/C18H22ClN/c1-4-14-7-6-8-15(11-14)18(20-5-2)16-10-9-13(3)17(19)12-16/h6-12,18,20H,4-5H2,1-3H3. The number of aryl methyl sites for hydroxylation is 2. The highest BCUT2D eigenvalue weighted by Crippen LogP contribution is 2.27. The molecule has 1 N–H and O–H groups in total. The van der Waals surface area contributed by atoms with Crippen molar-refractivity contribution in [2.24, 2.45) is 0 Å². The van der Waals surface area contributed by atoms with Gasteiger partial charge in [0, 0.05) is 5.02 Å². The topological polar surface area (TPSA) is 12.0 Å². The van der Waals surface area contributed by atoms with Crippen molar-refractivity contribution in [2.45, 2.75) is 33.2 Å². The molecule has 0 amide bonds. The second-order valence-corrected chi connectivity index (χ2v) is 5.51. The van der Waals surface area contributed by atoms with Gasteiger partial charge in [0.05, 0.1) is 6.04 Å². The summed E-state index contributed by atoms with van der Waals surface area (Å²) in [5.41, 5.74) is 5.00. The predicted molar refractivity (Wildman–Crippen MR) is 87.5 cm³/mol. The number of hydrogen-bond acceptors (Lipinski definition) is 1. The van der Waals surface area contributed by atoms with Crippen LogP contribution < -0.4 is 5.32 Å². The fourth-order valence-corrected chi connectivity index (χ4v) is 2.60. The summed E-state index contributed by atoms with van der Waals surface area (Å²) in [6, 6.07) is 15.3. The van der Waals surface area contributed by atoms with Crippen LogP contribution in [0.15, 0.2) is 42.5 Å². The molecule has 20 heavy (non-hydrogen) atoms. The Morgan fingerprint density at radius 3 is 2.45 bits per heavy atom. The van der Waals surface area contributed by atoms with Crippen molar-refractivity contribution >= 4 is 11.6 Å². The van der Waals surface area contributed by atoms with E-state index in [0.717, 1.165) is 23.6 Å². The van der Waals surface area contributed by atoms with E-state index in [9.17, 15) is 0 Å². The van der Waals surface area contributed by atoms with Gasteiger partial charge < -0.3 is 5.32 Å². The zero-order valence-electron chi connectivity index (χ0n) is 12.4. The smallest absolute Gasteiger partial charge is 0.0577 e. The molecule has 2 aromatic rings. The highest BCUT2D eigenvalue weighted by atomic mass is 35.5. The van der Waals surface area contributed by atoms with E-state index in [1.54, 1.807) is 0 Å². The molecule has 2 aromatic carbocycles. The third kappa shape index (κ3) is 3.41. The molecular formula is C18H22ClN. The highest BCUT2D eigenvalue weighted by molar-refractivity contribution is 6.31. The normalized spacial score (nSPS) is 12.4. The van der Waals surface area contributed by atoms with Crippen LogP contribution >= 0.6 is 11.6 Å². The Labute approximate surface area is 127 Å². The lowest BCUT2D eigenvalue weighted by Gasteiger charge is -2.20. The summed E-state index contributed by atoms with van der Waals surface area (Å²) in [5, 5.41) is 4.39. The van der Waals surface area contributed by atoms with Gasteiger partial charge in [0.15, 0.2) is 0 Å². The Hall–Kier alpha value is -1.31. The van der Waals surface area contributed by atoms with Crippen molar-refractivity contribution in [1.29, 1.82) is 0 Å². The molecule has 2 rings (SSSR count). The van der Waals surface area contributed by atoms with E-state index in [1.807, 2.05) is 6.92 Å².